The summed E-state index contributed by atoms with van der Waals surface area (Å²) in [7, 11) is 0. The Kier molecular flexibility index (Phi) is 5.53. The van der Waals surface area contributed by atoms with Crippen LogP contribution in [0.5, 0.6) is 5.75 Å². The molecule has 0 aliphatic rings. The maximum atomic E-state index is 13.6. The number of ether oxygens (including phenoxy) is 1. The minimum atomic E-state index is -0.274. The lowest BCUT2D eigenvalue weighted by Gasteiger charge is -2.08. The van der Waals surface area contributed by atoms with E-state index in [1.54, 1.807) is 18.2 Å². The van der Waals surface area contributed by atoms with Crippen molar-refractivity contribution in [1.82, 2.24) is 14.6 Å². The summed E-state index contributed by atoms with van der Waals surface area (Å²) < 4.78 is 20.6. The number of rotatable bonds is 7. The van der Waals surface area contributed by atoms with Crippen LogP contribution < -0.4 is 15.6 Å². The molecule has 0 aliphatic carbocycles. The molecule has 6 nitrogen and oxygen atoms in total. The zero-order valence-corrected chi connectivity index (χ0v) is 16.6. The van der Waals surface area contributed by atoms with Gasteiger partial charge in [-0.1, -0.05) is 48.6 Å². The molecule has 0 radical (unpaired) electrons. The second-order valence-corrected chi connectivity index (χ2v) is 7.37. The number of halogens is 1. The highest BCUT2D eigenvalue weighted by Gasteiger charge is 2.08. The molecule has 0 atom stereocenters. The van der Waals surface area contributed by atoms with Crippen molar-refractivity contribution in [3.63, 3.8) is 0 Å². The average Bonchev–Trinajstić information content (AvgIpc) is 3.16. The molecule has 29 heavy (non-hydrogen) atoms. The van der Waals surface area contributed by atoms with Crippen LogP contribution in [0.4, 0.5) is 9.52 Å². The number of hydrogen-bond acceptors (Lipinski definition) is 6. The van der Waals surface area contributed by atoms with Crippen molar-refractivity contribution in [2.75, 3.05) is 5.32 Å². The van der Waals surface area contributed by atoms with Crippen LogP contribution in [0.1, 0.15) is 23.7 Å². The molecule has 0 amide bonds. The Balaban J connectivity index is 1.38. The first-order valence-corrected chi connectivity index (χ1v) is 10.0. The van der Waals surface area contributed by atoms with Gasteiger partial charge >= 0.3 is 0 Å². The molecular weight excluding hydrogens is 391 g/mol. The van der Waals surface area contributed by atoms with Gasteiger partial charge in [-0.05, 0) is 30.2 Å². The van der Waals surface area contributed by atoms with Crippen LogP contribution >= 0.6 is 11.3 Å². The molecule has 0 fully saturated rings. The molecule has 148 valence electrons. The van der Waals surface area contributed by atoms with Crippen molar-refractivity contribution in [3.8, 4) is 5.75 Å². The summed E-state index contributed by atoms with van der Waals surface area (Å²) in [6, 6.07) is 15.6. The number of anilines is 1. The van der Waals surface area contributed by atoms with Crippen LogP contribution in [0.3, 0.4) is 0 Å². The Morgan fingerprint density at radius 3 is 2.72 bits per heavy atom. The molecule has 0 saturated heterocycles. The van der Waals surface area contributed by atoms with Crippen molar-refractivity contribution < 1.29 is 9.13 Å². The van der Waals surface area contributed by atoms with Crippen LogP contribution in [0.2, 0.25) is 0 Å². The van der Waals surface area contributed by atoms with E-state index in [2.05, 4.69) is 15.4 Å². The minimum Gasteiger partial charge on any atom is -0.489 e. The fraction of sp³-hybridized carbons (Fsp3) is 0.190. The molecular formula is C21H19FN4O2S. The second-order valence-electron chi connectivity index (χ2n) is 6.42. The van der Waals surface area contributed by atoms with Gasteiger partial charge in [-0.2, -0.15) is 4.52 Å². The average molecular weight is 410 g/mol. The summed E-state index contributed by atoms with van der Waals surface area (Å²) >= 11 is 1.34. The van der Waals surface area contributed by atoms with E-state index in [4.69, 9.17) is 4.74 Å². The molecule has 2 aromatic carbocycles. The fourth-order valence-corrected chi connectivity index (χ4v) is 3.59. The number of nitrogens with one attached hydrogen (secondary N) is 1. The number of hydrogen-bond donors (Lipinski definition) is 1. The molecule has 0 bridgehead atoms. The molecule has 0 saturated carbocycles. The zero-order valence-electron chi connectivity index (χ0n) is 15.8. The van der Waals surface area contributed by atoms with E-state index < -0.39 is 0 Å². The summed E-state index contributed by atoms with van der Waals surface area (Å²) in [4.78, 5) is 17.1. The zero-order chi connectivity index (χ0) is 20.2. The van der Waals surface area contributed by atoms with Crippen molar-refractivity contribution in [3.05, 3.63) is 87.6 Å². The SMILES string of the molecule is CCc1cc(=O)n2nc(NCc3ccc(OCc4ccccc4F)cc3)sc2n1. The molecule has 0 aliphatic heterocycles. The smallest absolute Gasteiger partial charge is 0.275 e. The third-order valence-corrected chi connectivity index (χ3v) is 5.25. The van der Waals surface area contributed by atoms with Crippen molar-refractivity contribution in [2.24, 2.45) is 0 Å². The normalized spacial score (nSPS) is 11.0. The first kappa shape index (κ1) is 19.1. The van der Waals surface area contributed by atoms with Crippen LogP contribution in [0.15, 0.2) is 59.4 Å². The Morgan fingerprint density at radius 2 is 1.97 bits per heavy atom. The molecule has 4 aromatic rings. The monoisotopic (exact) mass is 410 g/mol. The third-order valence-electron chi connectivity index (χ3n) is 4.38. The topological polar surface area (TPSA) is 68.5 Å². The molecule has 1 N–H and O–H groups in total. The number of fused-ring (bicyclic) bond motifs is 1. The lowest BCUT2D eigenvalue weighted by atomic mass is 10.2. The van der Waals surface area contributed by atoms with Crippen molar-refractivity contribution >= 4 is 21.4 Å². The van der Waals surface area contributed by atoms with Gasteiger partial charge in [0.05, 0.1) is 0 Å². The number of aromatic nitrogens is 3. The van der Waals surface area contributed by atoms with E-state index in [1.165, 1.54) is 28.0 Å². The number of aryl methyl sites for hydroxylation is 1. The summed E-state index contributed by atoms with van der Waals surface area (Å²) in [6.07, 6.45) is 0.706. The van der Waals surface area contributed by atoms with Crippen molar-refractivity contribution in [1.29, 1.82) is 0 Å². The van der Waals surface area contributed by atoms with Gasteiger partial charge in [-0.25, -0.2) is 9.37 Å². The van der Waals surface area contributed by atoms with E-state index in [-0.39, 0.29) is 18.0 Å². The molecule has 4 rings (SSSR count). The Labute approximate surface area is 170 Å². The molecule has 8 heteroatoms. The Morgan fingerprint density at radius 1 is 1.17 bits per heavy atom. The molecule has 0 spiro atoms. The number of benzene rings is 2. The Bertz CT molecular complexity index is 1190. The second kappa shape index (κ2) is 8.40. The van der Waals surface area contributed by atoms with Gasteiger partial charge in [0.1, 0.15) is 18.2 Å². The van der Waals surface area contributed by atoms with Crippen LogP contribution in [-0.4, -0.2) is 14.6 Å². The van der Waals surface area contributed by atoms with Gasteiger partial charge in [0, 0.05) is 23.9 Å². The van der Waals surface area contributed by atoms with Gasteiger partial charge in [0.2, 0.25) is 10.1 Å². The van der Waals surface area contributed by atoms with E-state index in [0.717, 1.165) is 11.3 Å². The maximum Gasteiger partial charge on any atom is 0.275 e. The van der Waals surface area contributed by atoms with E-state index in [1.807, 2.05) is 31.2 Å². The van der Waals surface area contributed by atoms with Crippen LogP contribution in [0, 0.1) is 5.82 Å². The maximum absolute atomic E-state index is 13.6. The molecule has 2 aromatic heterocycles. The van der Waals surface area contributed by atoms with Gasteiger partial charge in [-0.3, -0.25) is 4.79 Å². The minimum absolute atomic E-state index is 0.174. The summed E-state index contributed by atoms with van der Waals surface area (Å²) in [5, 5.41) is 8.13. The predicted octanol–water partition coefficient (Wildman–Crippen LogP) is 4.04. The van der Waals surface area contributed by atoms with Gasteiger partial charge in [-0.15, -0.1) is 5.10 Å². The van der Waals surface area contributed by atoms with Gasteiger partial charge < -0.3 is 10.1 Å². The van der Waals surface area contributed by atoms with Gasteiger partial charge in [0.15, 0.2) is 0 Å². The third kappa shape index (κ3) is 4.43. The van der Waals surface area contributed by atoms with Crippen molar-refractivity contribution in [2.45, 2.75) is 26.5 Å². The van der Waals surface area contributed by atoms with E-state index >= 15 is 0 Å². The fourth-order valence-electron chi connectivity index (χ4n) is 2.77. The van der Waals surface area contributed by atoms with Crippen LogP contribution in [-0.2, 0) is 19.6 Å². The van der Waals surface area contributed by atoms with Gasteiger partial charge in [0.25, 0.3) is 5.56 Å². The highest BCUT2D eigenvalue weighted by Crippen LogP contribution is 2.19. The van der Waals surface area contributed by atoms with Crippen LogP contribution in [0.25, 0.3) is 4.96 Å². The first-order chi connectivity index (χ1) is 14.1. The largest absolute Gasteiger partial charge is 0.489 e. The quantitative estimate of drug-likeness (QED) is 0.498. The standard InChI is InChI=1S/C21H19FN4O2S/c1-2-16-11-19(27)26-21(24-16)29-20(25-26)23-12-14-7-9-17(10-8-14)28-13-15-5-3-4-6-18(15)22/h3-11H,2,12-13H2,1H3,(H,23,25). The lowest BCUT2D eigenvalue weighted by Crippen LogP contribution is -2.15. The number of nitrogens with zero attached hydrogens (tertiary/aromatic N) is 3. The molecule has 0 unspecified atom stereocenters. The predicted molar refractivity (Wildman–Crippen MR) is 111 cm³/mol. The first-order valence-electron chi connectivity index (χ1n) is 9.21. The Hall–Kier alpha value is -3.26. The highest BCUT2D eigenvalue weighted by molar-refractivity contribution is 7.20. The van der Waals surface area contributed by atoms with E-state index in [0.29, 0.717) is 34.4 Å². The summed E-state index contributed by atoms with van der Waals surface area (Å²) in [6.45, 7) is 2.68. The summed E-state index contributed by atoms with van der Waals surface area (Å²) in [5.41, 5.74) is 2.13. The highest BCUT2D eigenvalue weighted by atomic mass is 32.1. The lowest BCUT2D eigenvalue weighted by molar-refractivity contribution is 0.300. The van der Waals surface area contributed by atoms with E-state index in [9.17, 15) is 9.18 Å². The summed E-state index contributed by atoms with van der Waals surface area (Å²) in [5.74, 6) is 0.392. The molecule has 2 heterocycles.